The van der Waals surface area contributed by atoms with Gasteiger partial charge in [0.1, 0.15) is 0 Å². The van der Waals surface area contributed by atoms with Crippen molar-refractivity contribution in [3.63, 3.8) is 0 Å². The fourth-order valence-electron chi connectivity index (χ4n) is 1.76. The predicted molar refractivity (Wildman–Crippen MR) is 78.7 cm³/mol. The Kier molecular flexibility index (Phi) is 4.04. The van der Waals surface area contributed by atoms with Gasteiger partial charge in [0.05, 0.1) is 27.4 Å². The second-order valence-electron chi connectivity index (χ2n) is 4.50. The molecule has 1 heterocycles. The summed E-state index contributed by atoms with van der Waals surface area (Å²) in [5.41, 5.74) is 1.19. The highest BCUT2D eigenvalue weighted by Crippen LogP contribution is 2.29. The molecule has 0 spiro atoms. The number of amides is 1. The van der Waals surface area contributed by atoms with E-state index in [1.165, 1.54) is 23.0 Å². The van der Waals surface area contributed by atoms with E-state index in [1.807, 2.05) is 0 Å². The van der Waals surface area contributed by atoms with Crippen molar-refractivity contribution < 1.29 is 13.2 Å². The molecular weight excluding hydrogens is 316 g/mol. The third-order valence-electron chi connectivity index (χ3n) is 2.80. The monoisotopic (exact) mass is 328 g/mol. The van der Waals surface area contributed by atoms with Crippen LogP contribution in [0.1, 0.15) is 15.9 Å². The molecule has 0 aliphatic heterocycles. The van der Waals surface area contributed by atoms with Crippen molar-refractivity contribution in [2.24, 2.45) is 12.2 Å². The van der Waals surface area contributed by atoms with E-state index in [1.54, 1.807) is 20.2 Å². The van der Waals surface area contributed by atoms with Crippen LogP contribution in [-0.2, 0) is 17.1 Å². The fraction of sp³-hybridized carbons (Fsp3) is 0.167. The molecule has 2 rings (SSSR count). The van der Waals surface area contributed by atoms with Gasteiger partial charge in [0.25, 0.3) is 5.91 Å². The molecule has 0 aliphatic carbocycles. The molecule has 1 amide bonds. The maximum Gasteiger partial charge on any atom is 0.258 e. The zero-order valence-corrected chi connectivity index (χ0v) is 12.9. The van der Waals surface area contributed by atoms with Gasteiger partial charge in [0.2, 0.25) is 10.0 Å². The van der Waals surface area contributed by atoms with E-state index in [9.17, 15) is 13.2 Å². The van der Waals surface area contributed by atoms with Crippen molar-refractivity contribution >= 4 is 33.2 Å². The lowest BCUT2D eigenvalue weighted by Crippen LogP contribution is -2.15. The molecule has 1 aromatic carbocycles. The number of rotatable bonds is 3. The molecule has 0 saturated carbocycles. The Morgan fingerprint density at radius 1 is 1.43 bits per heavy atom. The second kappa shape index (κ2) is 5.47. The molecule has 0 saturated heterocycles. The first-order valence-electron chi connectivity index (χ1n) is 5.81. The maximum atomic E-state index is 12.0. The van der Waals surface area contributed by atoms with Crippen LogP contribution in [-0.4, -0.2) is 24.1 Å². The first-order chi connectivity index (χ1) is 9.68. The van der Waals surface area contributed by atoms with Gasteiger partial charge >= 0.3 is 0 Å². The van der Waals surface area contributed by atoms with Crippen LogP contribution in [0.5, 0.6) is 0 Å². The summed E-state index contributed by atoms with van der Waals surface area (Å²) in [4.78, 5) is 11.9. The van der Waals surface area contributed by atoms with Crippen LogP contribution in [0.25, 0.3) is 0 Å². The van der Waals surface area contributed by atoms with E-state index >= 15 is 0 Å². The van der Waals surface area contributed by atoms with Crippen LogP contribution in [0, 0.1) is 6.92 Å². The normalized spacial score (nSPS) is 11.4. The third kappa shape index (κ3) is 3.41. The van der Waals surface area contributed by atoms with Crippen molar-refractivity contribution in [2.45, 2.75) is 11.8 Å². The summed E-state index contributed by atoms with van der Waals surface area (Å²) in [6.07, 6.45) is 2.97. The quantitative estimate of drug-likeness (QED) is 0.884. The number of benzene rings is 1. The minimum absolute atomic E-state index is 0.0938. The number of primary sulfonamides is 1. The standard InChI is InChI=1S/C12H13ClN4O3S/c1-7-3-9(21(14,19)20)4-10(13)11(7)16-12(18)8-5-15-17(2)6-8/h3-6H,1-2H3,(H,16,18)(H2,14,19,20). The number of halogens is 1. The number of aromatic nitrogens is 2. The highest BCUT2D eigenvalue weighted by atomic mass is 35.5. The van der Waals surface area contributed by atoms with E-state index in [0.717, 1.165) is 0 Å². The summed E-state index contributed by atoms with van der Waals surface area (Å²) >= 11 is 6.02. The molecule has 1 aromatic heterocycles. The summed E-state index contributed by atoms with van der Waals surface area (Å²) in [7, 11) is -2.16. The SMILES string of the molecule is Cc1cc(S(N)(=O)=O)cc(Cl)c1NC(=O)c1cnn(C)c1. The van der Waals surface area contributed by atoms with Gasteiger partial charge in [-0.25, -0.2) is 13.6 Å². The number of hydrogen-bond acceptors (Lipinski definition) is 4. The first-order valence-corrected chi connectivity index (χ1v) is 7.74. The number of sulfonamides is 1. The number of carbonyl (C=O) groups is 1. The lowest BCUT2D eigenvalue weighted by Gasteiger charge is -2.11. The van der Waals surface area contributed by atoms with Gasteiger partial charge in [0.15, 0.2) is 0 Å². The van der Waals surface area contributed by atoms with E-state index in [4.69, 9.17) is 16.7 Å². The van der Waals surface area contributed by atoms with Gasteiger partial charge < -0.3 is 5.32 Å². The summed E-state index contributed by atoms with van der Waals surface area (Å²) in [6, 6.07) is 2.54. The molecule has 21 heavy (non-hydrogen) atoms. The van der Waals surface area contributed by atoms with Crippen LogP contribution in [0.4, 0.5) is 5.69 Å². The Hall–Kier alpha value is -1.90. The van der Waals surface area contributed by atoms with Crippen LogP contribution in [0.2, 0.25) is 5.02 Å². The van der Waals surface area contributed by atoms with Gasteiger partial charge in [0, 0.05) is 13.2 Å². The van der Waals surface area contributed by atoms with Gasteiger partial charge in [-0.15, -0.1) is 0 Å². The summed E-state index contributed by atoms with van der Waals surface area (Å²) in [5, 5.41) is 11.7. The Morgan fingerprint density at radius 3 is 2.57 bits per heavy atom. The Labute approximate surface area is 126 Å². The topological polar surface area (TPSA) is 107 Å². The van der Waals surface area contributed by atoms with E-state index in [2.05, 4.69) is 10.4 Å². The number of nitrogens with one attached hydrogen (secondary N) is 1. The van der Waals surface area contributed by atoms with Crippen LogP contribution in [0.3, 0.4) is 0 Å². The molecule has 0 bridgehead atoms. The molecule has 0 atom stereocenters. The summed E-state index contributed by atoms with van der Waals surface area (Å²) in [5.74, 6) is -0.392. The summed E-state index contributed by atoms with van der Waals surface area (Å²) < 4.78 is 24.1. The zero-order valence-electron chi connectivity index (χ0n) is 11.3. The smallest absolute Gasteiger partial charge is 0.258 e. The highest BCUT2D eigenvalue weighted by Gasteiger charge is 2.16. The molecule has 0 aliphatic rings. The van der Waals surface area contributed by atoms with Crippen molar-refractivity contribution in [1.82, 2.24) is 9.78 Å². The van der Waals surface area contributed by atoms with Gasteiger partial charge in [-0.1, -0.05) is 11.6 Å². The second-order valence-corrected chi connectivity index (χ2v) is 6.47. The van der Waals surface area contributed by atoms with Crippen LogP contribution in [0.15, 0.2) is 29.4 Å². The van der Waals surface area contributed by atoms with Crippen molar-refractivity contribution in [1.29, 1.82) is 0 Å². The number of anilines is 1. The summed E-state index contributed by atoms with van der Waals surface area (Å²) in [6.45, 7) is 1.62. The number of nitrogens with zero attached hydrogens (tertiary/aromatic N) is 2. The molecule has 0 fully saturated rings. The lowest BCUT2D eigenvalue weighted by atomic mass is 10.2. The Balaban J connectivity index is 2.35. The number of aryl methyl sites for hydroxylation is 2. The van der Waals surface area contributed by atoms with E-state index in [0.29, 0.717) is 16.8 Å². The molecule has 7 nitrogen and oxygen atoms in total. The molecular formula is C12H13ClN4O3S. The zero-order chi connectivity index (χ0) is 15.8. The third-order valence-corrected chi connectivity index (χ3v) is 3.99. The maximum absolute atomic E-state index is 12.0. The lowest BCUT2D eigenvalue weighted by molar-refractivity contribution is 0.102. The number of carbonyl (C=O) groups excluding carboxylic acids is 1. The number of hydrogen-bond donors (Lipinski definition) is 2. The fourth-order valence-corrected chi connectivity index (χ4v) is 2.76. The van der Waals surface area contributed by atoms with Crippen molar-refractivity contribution in [3.8, 4) is 0 Å². The predicted octanol–water partition coefficient (Wildman–Crippen LogP) is 1.28. The van der Waals surface area contributed by atoms with Crippen LogP contribution >= 0.6 is 11.6 Å². The molecule has 0 radical (unpaired) electrons. The van der Waals surface area contributed by atoms with Gasteiger partial charge in [-0.3, -0.25) is 9.48 Å². The highest BCUT2D eigenvalue weighted by molar-refractivity contribution is 7.89. The van der Waals surface area contributed by atoms with Crippen LogP contribution < -0.4 is 10.5 Å². The van der Waals surface area contributed by atoms with Gasteiger partial charge in [-0.2, -0.15) is 5.10 Å². The Morgan fingerprint density at radius 2 is 2.10 bits per heavy atom. The van der Waals surface area contributed by atoms with E-state index < -0.39 is 15.9 Å². The van der Waals surface area contributed by atoms with Crippen molar-refractivity contribution in [2.75, 3.05) is 5.32 Å². The number of nitrogens with two attached hydrogens (primary N) is 1. The molecule has 112 valence electrons. The molecule has 0 unspecified atom stereocenters. The molecule has 2 aromatic rings. The van der Waals surface area contributed by atoms with Crippen molar-refractivity contribution in [3.05, 3.63) is 40.7 Å². The average Bonchev–Trinajstić information content (AvgIpc) is 2.79. The molecule has 3 N–H and O–H groups in total. The van der Waals surface area contributed by atoms with E-state index in [-0.39, 0.29) is 9.92 Å². The Bertz CT molecular complexity index is 791. The minimum Gasteiger partial charge on any atom is -0.320 e. The first kappa shape index (κ1) is 15.5. The largest absolute Gasteiger partial charge is 0.320 e. The average molecular weight is 329 g/mol. The minimum atomic E-state index is -3.85. The molecule has 9 heteroatoms. The van der Waals surface area contributed by atoms with Gasteiger partial charge in [-0.05, 0) is 24.6 Å².